The number of phenols is 1. The van der Waals surface area contributed by atoms with Gasteiger partial charge < -0.3 is 15.2 Å². The number of amides is 1. The standard InChI is InChI=1S/C24H24N2O3S/c1-29-20-13-17(11-12-19(20)27)15-26-24-22(18-9-5-6-10-21(18)30-24)23(28)25-14-16-7-3-2-4-8-16/h2-4,7-8,11-13,15,27H,5-6,9-10,14H2,1H3,(H,25,28). The molecular formula is C24H24N2O3S. The molecule has 0 aliphatic heterocycles. The topological polar surface area (TPSA) is 70.9 Å². The summed E-state index contributed by atoms with van der Waals surface area (Å²) in [5.74, 6) is 0.404. The van der Waals surface area contributed by atoms with Gasteiger partial charge in [-0.05, 0) is 60.6 Å². The van der Waals surface area contributed by atoms with Gasteiger partial charge >= 0.3 is 0 Å². The number of hydrogen-bond acceptors (Lipinski definition) is 5. The molecule has 0 unspecified atom stereocenters. The number of ether oxygens (including phenoxy) is 1. The Hall–Kier alpha value is -3.12. The van der Waals surface area contributed by atoms with Crippen LogP contribution in [0.3, 0.4) is 0 Å². The first-order valence-electron chi connectivity index (χ1n) is 10.0. The molecule has 0 radical (unpaired) electrons. The minimum atomic E-state index is -0.0753. The number of aromatic hydroxyl groups is 1. The van der Waals surface area contributed by atoms with Crippen molar-refractivity contribution in [1.82, 2.24) is 5.32 Å². The summed E-state index contributed by atoms with van der Waals surface area (Å²) in [7, 11) is 1.51. The Labute approximate surface area is 180 Å². The van der Waals surface area contributed by atoms with Crippen molar-refractivity contribution in [3.63, 3.8) is 0 Å². The Balaban J connectivity index is 1.61. The highest BCUT2D eigenvalue weighted by Gasteiger charge is 2.25. The van der Waals surface area contributed by atoms with Crippen molar-refractivity contribution in [2.75, 3.05) is 7.11 Å². The van der Waals surface area contributed by atoms with Gasteiger partial charge in [-0.2, -0.15) is 0 Å². The zero-order valence-electron chi connectivity index (χ0n) is 16.9. The lowest BCUT2D eigenvalue weighted by Gasteiger charge is -2.12. The Morgan fingerprint density at radius 3 is 2.80 bits per heavy atom. The van der Waals surface area contributed by atoms with E-state index >= 15 is 0 Å². The molecule has 30 heavy (non-hydrogen) atoms. The van der Waals surface area contributed by atoms with Crippen LogP contribution >= 0.6 is 11.3 Å². The predicted octanol–water partition coefficient (Wildman–Crippen LogP) is 5.02. The average molecular weight is 421 g/mol. The molecule has 1 heterocycles. The number of aryl methyl sites for hydroxylation is 1. The lowest BCUT2D eigenvalue weighted by Crippen LogP contribution is -2.24. The first kappa shape index (κ1) is 20.2. The third kappa shape index (κ3) is 4.39. The largest absolute Gasteiger partial charge is 0.504 e. The molecule has 0 saturated heterocycles. The van der Waals surface area contributed by atoms with Crippen molar-refractivity contribution in [2.24, 2.45) is 4.99 Å². The molecule has 154 valence electrons. The number of phenolic OH excluding ortho intramolecular Hbond substituents is 1. The molecule has 3 aromatic rings. The molecule has 0 saturated carbocycles. The summed E-state index contributed by atoms with van der Waals surface area (Å²) in [4.78, 5) is 19.0. The molecule has 1 aliphatic rings. The zero-order valence-corrected chi connectivity index (χ0v) is 17.7. The van der Waals surface area contributed by atoms with Crippen molar-refractivity contribution in [1.29, 1.82) is 0 Å². The zero-order chi connectivity index (χ0) is 20.9. The molecule has 6 heteroatoms. The maximum absolute atomic E-state index is 13.1. The summed E-state index contributed by atoms with van der Waals surface area (Å²) in [6.07, 6.45) is 5.88. The minimum Gasteiger partial charge on any atom is -0.504 e. The van der Waals surface area contributed by atoms with Crippen LogP contribution in [0.15, 0.2) is 53.5 Å². The quantitative estimate of drug-likeness (QED) is 0.550. The molecule has 1 aliphatic carbocycles. The Morgan fingerprint density at radius 1 is 1.20 bits per heavy atom. The summed E-state index contributed by atoms with van der Waals surface area (Å²) in [6, 6.07) is 15.0. The second-order valence-electron chi connectivity index (χ2n) is 7.25. The number of carbonyl (C=O) groups excluding carboxylic acids is 1. The van der Waals surface area contributed by atoms with Crippen LogP contribution in [0.5, 0.6) is 11.5 Å². The second kappa shape index (κ2) is 9.13. The molecule has 0 bridgehead atoms. The number of rotatable bonds is 6. The summed E-state index contributed by atoms with van der Waals surface area (Å²) < 4.78 is 5.17. The normalized spacial score (nSPS) is 13.2. The van der Waals surface area contributed by atoms with E-state index in [2.05, 4.69) is 10.3 Å². The first-order valence-corrected chi connectivity index (χ1v) is 10.8. The second-order valence-corrected chi connectivity index (χ2v) is 8.33. The number of aliphatic imine (C=N–C) groups is 1. The van der Waals surface area contributed by atoms with Crippen LogP contribution in [-0.4, -0.2) is 24.3 Å². The maximum Gasteiger partial charge on any atom is 0.254 e. The lowest BCUT2D eigenvalue weighted by atomic mass is 9.95. The van der Waals surface area contributed by atoms with E-state index in [-0.39, 0.29) is 11.7 Å². The Bertz CT molecular complexity index is 1070. The van der Waals surface area contributed by atoms with Crippen LogP contribution in [0.1, 0.15) is 44.8 Å². The van der Waals surface area contributed by atoms with E-state index in [1.54, 1.807) is 35.8 Å². The highest BCUT2D eigenvalue weighted by atomic mass is 32.1. The molecule has 2 N–H and O–H groups in total. The monoisotopic (exact) mass is 420 g/mol. The number of nitrogens with one attached hydrogen (secondary N) is 1. The molecule has 0 spiro atoms. The lowest BCUT2D eigenvalue weighted by molar-refractivity contribution is 0.0951. The van der Waals surface area contributed by atoms with Gasteiger partial charge in [0.1, 0.15) is 5.00 Å². The van der Waals surface area contributed by atoms with Gasteiger partial charge in [0, 0.05) is 17.6 Å². The highest BCUT2D eigenvalue weighted by molar-refractivity contribution is 7.16. The number of carbonyl (C=O) groups is 1. The Kier molecular flexibility index (Phi) is 6.14. The molecule has 2 aromatic carbocycles. The maximum atomic E-state index is 13.1. The van der Waals surface area contributed by atoms with Crippen LogP contribution in [0, 0.1) is 0 Å². The molecule has 5 nitrogen and oxygen atoms in total. The summed E-state index contributed by atoms with van der Waals surface area (Å²) >= 11 is 1.60. The fraction of sp³-hybridized carbons (Fsp3) is 0.250. The summed E-state index contributed by atoms with van der Waals surface area (Å²) in [6.45, 7) is 0.489. The van der Waals surface area contributed by atoms with E-state index in [4.69, 9.17) is 4.74 Å². The molecule has 0 atom stereocenters. The van der Waals surface area contributed by atoms with E-state index in [0.717, 1.165) is 47.4 Å². The van der Waals surface area contributed by atoms with E-state index in [9.17, 15) is 9.90 Å². The van der Waals surface area contributed by atoms with Crippen molar-refractivity contribution in [2.45, 2.75) is 32.2 Å². The van der Waals surface area contributed by atoms with E-state index in [0.29, 0.717) is 17.9 Å². The van der Waals surface area contributed by atoms with Crippen molar-refractivity contribution < 1.29 is 14.6 Å². The smallest absolute Gasteiger partial charge is 0.254 e. The molecule has 1 amide bonds. The summed E-state index contributed by atoms with van der Waals surface area (Å²) in [5.41, 5.74) is 3.71. The fourth-order valence-electron chi connectivity index (χ4n) is 3.65. The number of thiophene rings is 1. The fourth-order valence-corrected chi connectivity index (χ4v) is 4.88. The summed E-state index contributed by atoms with van der Waals surface area (Å²) in [5, 5.41) is 13.6. The SMILES string of the molecule is COc1cc(C=Nc2sc3c(c2C(=O)NCc2ccccc2)CCCC3)ccc1O. The number of fused-ring (bicyclic) bond motifs is 1. The third-order valence-corrected chi connectivity index (χ3v) is 6.41. The molecule has 0 fully saturated rings. The number of nitrogens with zero attached hydrogens (tertiary/aromatic N) is 1. The van der Waals surface area contributed by atoms with Crippen molar-refractivity contribution in [3.05, 3.63) is 75.7 Å². The highest BCUT2D eigenvalue weighted by Crippen LogP contribution is 2.40. The van der Waals surface area contributed by atoms with Crippen LogP contribution < -0.4 is 10.1 Å². The first-order chi connectivity index (χ1) is 14.7. The van der Waals surface area contributed by atoms with E-state index in [1.807, 2.05) is 30.3 Å². The third-order valence-electron chi connectivity index (χ3n) is 5.21. The van der Waals surface area contributed by atoms with Crippen LogP contribution in [0.4, 0.5) is 5.00 Å². The van der Waals surface area contributed by atoms with Gasteiger partial charge in [0.2, 0.25) is 0 Å². The van der Waals surface area contributed by atoms with Gasteiger partial charge in [-0.25, -0.2) is 4.99 Å². The van der Waals surface area contributed by atoms with Gasteiger partial charge in [0.05, 0.1) is 12.7 Å². The van der Waals surface area contributed by atoms with Gasteiger partial charge in [-0.1, -0.05) is 30.3 Å². The van der Waals surface area contributed by atoms with Gasteiger partial charge in [0.25, 0.3) is 5.91 Å². The number of benzene rings is 2. The van der Waals surface area contributed by atoms with Gasteiger partial charge in [-0.15, -0.1) is 11.3 Å². The van der Waals surface area contributed by atoms with Gasteiger partial charge in [-0.3, -0.25) is 4.79 Å². The number of hydrogen-bond donors (Lipinski definition) is 2. The minimum absolute atomic E-state index is 0.0753. The van der Waals surface area contributed by atoms with E-state index in [1.165, 1.54) is 12.0 Å². The average Bonchev–Trinajstić information content (AvgIpc) is 3.16. The Morgan fingerprint density at radius 2 is 2.00 bits per heavy atom. The van der Waals surface area contributed by atoms with E-state index < -0.39 is 0 Å². The van der Waals surface area contributed by atoms with Crippen LogP contribution in [0.2, 0.25) is 0 Å². The number of methoxy groups -OCH3 is 1. The van der Waals surface area contributed by atoms with Crippen LogP contribution in [0.25, 0.3) is 0 Å². The predicted molar refractivity (Wildman–Crippen MR) is 120 cm³/mol. The molecular weight excluding hydrogens is 396 g/mol. The van der Waals surface area contributed by atoms with Crippen molar-refractivity contribution >= 4 is 28.5 Å². The molecule has 4 rings (SSSR count). The van der Waals surface area contributed by atoms with Crippen LogP contribution in [-0.2, 0) is 19.4 Å². The van der Waals surface area contributed by atoms with Crippen molar-refractivity contribution in [3.8, 4) is 11.5 Å². The molecule has 1 aromatic heterocycles. The van der Waals surface area contributed by atoms with Gasteiger partial charge in [0.15, 0.2) is 11.5 Å².